The topological polar surface area (TPSA) is 58.6 Å². The molecule has 0 saturated carbocycles. The molecule has 124 valence electrons. The Labute approximate surface area is 137 Å². The summed E-state index contributed by atoms with van der Waals surface area (Å²) in [5.41, 5.74) is 1.50. The van der Waals surface area contributed by atoms with Crippen molar-refractivity contribution in [3.05, 3.63) is 41.5 Å². The molecule has 0 spiro atoms. The summed E-state index contributed by atoms with van der Waals surface area (Å²) >= 11 is 0. The zero-order valence-corrected chi connectivity index (χ0v) is 13.7. The second-order valence-corrected chi connectivity index (χ2v) is 5.64. The van der Waals surface area contributed by atoms with Gasteiger partial charge in [0.05, 0.1) is 6.61 Å². The fourth-order valence-electron chi connectivity index (χ4n) is 2.58. The van der Waals surface area contributed by atoms with Crippen LogP contribution < -0.4 is 5.32 Å². The minimum Gasteiger partial charge on any atom is -0.381 e. The maximum Gasteiger partial charge on any atom is 0.251 e. The summed E-state index contributed by atoms with van der Waals surface area (Å²) in [5.74, 6) is 0.335. The molecule has 5 heteroatoms. The first kappa shape index (κ1) is 17.2. The SMILES string of the molecule is CCN(C[C@@H]1CCOC1)C(=O)/C=C\c1ccc(C(=O)NC)cc1. The van der Waals surface area contributed by atoms with Crippen molar-refractivity contribution in [3.8, 4) is 0 Å². The third kappa shape index (κ3) is 4.93. The van der Waals surface area contributed by atoms with Crippen LogP contribution in [0.3, 0.4) is 0 Å². The van der Waals surface area contributed by atoms with Crippen LogP contribution in [-0.2, 0) is 9.53 Å². The van der Waals surface area contributed by atoms with Gasteiger partial charge >= 0.3 is 0 Å². The van der Waals surface area contributed by atoms with E-state index in [2.05, 4.69) is 5.32 Å². The van der Waals surface area contributed by atoms with Crippen LogP contribution in [0.2, 0.25) is 0 Å². The number of benzene rings is 1. The summed E-state index contributed by atoms with van der Waals surface area (Å²) in [4.78, 5) is 25.6. The fraction of sp³-hybridized carbons (Fsp3) is 0.444. The highest BCUT2D eigenvalue weighted by Crippen LogP contribution is 2.14. The van der Waals surface area contributed by atoms with Gasteiger partial charge in [-0.15, -0.1) is 0 Å². The van der Waals surface area contributed by atoms with Crippen LogP contribution in [-0.4, -0.2) is 50.1 Å². The molecule has 1 aliphatic rings. The summed E-state index contributed by atoms with van der Waals surface area (Å²) in [7, 11) is 1.60. The highest BCUT2D eigenvalue weighted by atomic mass is 16.5. The number of hydrogen-bond donors (Lipinski definition) is 1. The first-order valence-corrected chi connectivity index (χ1v) is 8.01. The molecular weight excluding hydrogens is 292 g/mol. The lowest BCUT2D eigenvalue weighted by Gasteiger charge is -2.22. The van der Waals surface area contributed by atoms with E-state index < -0.39 is 0 Å². The zero-order chi connectivity index (χ0) is 16.7. The zero-order valence-electron chi connectivity index (χ0n) is 13.7. The van der Waals surface area contributed by atoms with Crippen molar-refractivity contribution in [2.45, 2.75) is 13.3 Å². The van der Waals surface area contributed by atoms with Crippen molar-refractivity contribution in [1.82, 2.24) is 10.2 Å². The Kier molecular flexibility index (Phi) is 6.35. The van der Waals surface area contributed by atoms with Crippen LogP contribution in [0.15, 0.2) is 30.3 Å². The van der Waals surface area contributed by atoms with E-state index in [4.69, 9.17) is 4.74 Å². The van der Waals surface area contributed by atoms with Gasteiger partial charge < -0.3 is 15.0 Å². The normalized spacial score (nSPS) is 17.4. The van der Waals surface area contributed by atoms with Crippen molar-refractivity contribution in [1.29, 1.82) is 0 Å². The third-order valence-electron chi connectivity index (χ3n) is 4.01. The predicted octanol–water partition coefficient (Wildman–Crippen LogP) is 1.94. The molecule has 1 N–H and O–H groups in total. The Bertz CT molecular complexity index is 560. The van der Waals surface area contributed by atoms with Crippen LogP contribution in [0.1, 0.15) is 29.3 Å². The Morgan fingerprint density at radius 2 is 2.09 bits per heavy atom. The lowest BCUT2D eigenvalue weighted by molar-refractivity contribution is -0.126. The number of carbonyl (C=O) groups excluding carboxylic acids is 2. The van der Waals surface area contributed by atoms with Crippen LogP contribution in [0, 0.1) is 5.92 Å². The predicted molar refractivity (Wildman–Crippen MR) is 90.0 cm³/mol. The van der Waals surface area contributed by atoms with Gasteiger partial charge in [-0.25, -0.2) is 0 Å². The van der Waals surface area contributed by atoms with Crippen molar-refractivity contribution in [3.63, 3.8) is 0 Å². The number of ether oxygens (including phenoxy) is 1. The molecule has 23 heavy (non-hydrogen) atoms. The number of nitrogens with one attached hydrogen (secondary N) is 1. The maximum absolute atomic E-state index is 12.3. The quantitative estimate of drug-likeness (QED) is 0.816. The molecule has 0 radical (unpaired) electrons. The van der Waals surface area contributed by atoms with Crippen LogP contribution in [0.4, 0.5) is 0 Å². The van der Waals surface area contributed by atoms with Gasteiger partial charge in [-0.2, -0.15) is 0 Å². The smallest absolute Gasteiger partial charge is 0.251 e. The van der Waals surface area contributed by atoms with E-state index in [9.17, 15) is 9.59 Å². The second kappa shape index (κ2) is 8.48. The number of likely N-dealkylation sites (N-methyl/N-ethyl adjacent to an activating group) is 1. The number of rotatable bonds is 6. The molecule has 1 fully saturated rings. The van der Waals surface area contributed by atoms with Gasteiger partial charge in [0.15, 0.2) is 0 Å². The molecule has 1 aromatic rings. The minimum absolute atomic E-state index is 0.00905. The summed E-state index contributed by atoms with van der Waals surface area (Å²) in [6, 6.07) is 7.15. The Morgan fingerprint density at radius 1 is 1.35 bits per heavy atom. The molecule has 2 rings (SSSR count). The van der Waals surface area contributed by atoms with Crippen molar-refractivity contribution >= 4 is 17.9 Å². The number of nitrogens with zero attached hydrogens (tertiary/aromatic N) is 1. The van der Waals surface area contributed by atoms with Gasteiger partial charge in [0, 0.05) is 44.3 Å². The third-order valence-corrected chi connectivity index (χ3v) is 4.01. The van der Waals surface area contributed by atoms with E-state index in [1.165, 1.54) is 0 Å². The summed E-state index contributed by atoms with van der Waals surface area (Å²) < 4.78 is 5.36. The molecule has 0 aromatic heterocycles. The molecule has 1 atom stereocenters. The number of carbonyl (C=O) groups is 2. The summed E-state index contributed by atoms with van der Waals surface area (Å²) in [6.07, 6.45) is 4.40. The molecule has 1 heterocycles. The summed E-state index contributed by atoms with van der Waals surface area (Å²) in [5, 5.41) is 2.58. The maximum atomic E-state index is 12.3. The van der Waals surface area contributed by atoms with Crippen molar-refractivity contribution in [2.75, 3.05) is 33.4 Å². The van der Waals surface area contributed by atoms with Gasteiger partial charge in [0.2, 0.25) is 5.91 Å². The standard InChI is InChI=1S/C18H24N2O3/c1-3-20(12-15-10-11-23-13-15)17(21)9-6-14-4-7-16(8-5-14)18(22)19-2/h4-9,15H,3,10-13H2,1-2H3,(H,19,22)/b9-6-/t15-/m0/s1. The molecule has 1 saturated heterocycles. The highest BCUT2D eigenvalue weighted by Gasteiger charge is 2.20. The van der Waals surface area contributed by atoms with E-state index >= 15 is 0 Å². The fourth-order valence-corrected chi connectivity index (χ4v) is 2.58. The number of hydrogen-bond acceptors (Lipinski definition) is 3. The van der Waals surface area contributed by atoms with Crippen LogP contribution in [0.25, 0.3) is 6.08 Å². The largest absolute Gasteiger partial charge is 0.381 e. The molecule has 0 bridgehead atoms. The molecule has 0 aliphatic carbocycles. The lowest BCUT2D eigenvalue weighted by atomic mass is 10.1. The van der Waals surface area contributed by atoms with Gasteiger partial charge in [-0.3, -0.25) is 9.59 Å². The second-order valence-electron chi connectivity index (χ2n) is 5.64. The molecule has 1 aromatic carbocycles. The van der Waals surface area contributed by atoms with E-state index in [1.807, 2.05) is 24.0 Å². The first-order chi connectivity index (χ1) is 11.1. The summed E-state index contributed by atoms with van der Waals surface area (Å²) in [6.45, 7) is 4.96. The van der Waals surface area contributed by atoms with E-state index in [0.717, 1.165) is 31.7 Å². The average Bonchev–Trinajstić information content (AvgIpc) is 3.10. The van der Waals surface area contributed by atoms with Gasteiger partial charge in [-0.1, -0.05) is 12.1 Å². The van der Waals surface area contributed by atoms with E-state index in [1.54, 1.807) is 31.3 Å². The van der Waals surface area contributed by atoms with Gasteiger partial charge in [-0.05, 0) is 37.1 Å². The highest BCUT2D eigenvalue weighted by molar-refractivity contribution is 5.94. The Balaban J connectivity index is 1.94. The molecule has 2 amide bonds. The molecule has 5 nitrogen and oxygen atoms in total. The monoisotopic (exact) mass is 316 g/mol. The van der Waals surface area contributed by atoms with Crippen LogP contribution in [0.5, 0.6) is 0 Å². The van der Waals surface area contributed by atoms with Gasteiger partial charge in [0.25, 0.3) is 5.91 Å². The Hall–Kier alpha value is -2.14. The first-order valence-electron chi connectivity index (χ1n) is 8.01. The van der Waals surface area contributed by atoms with E-state index in [-0.39, 0.29) is 11.8 Å². The molecule has 1 aliphatic heterocycles. The average molecular weight is 316 g/mol. The van der Waals surface area contributed by atoms with Crippen molar-refractivity contribution < 1.29 is 14.3 Å². The van der Waals surface area contributed by atoms with E-state index in [0.29, 0.717) is 18.0 Å². The van der Waals surface area contributed by atoms with Gasteiger partial charge in [0.1, 0.15) is 0 Å². The molecule has 0 unspecified atom stereocenters. The number of amides is 2. The van der Waals surface area contributed by atoms with Crippen molar-refractivity contribution in [2.24, 2.45) is 5.92 Å². The lowest BCUT2D eigenvalue weighted by Crippen LogP contribution is -2.34. The van der Waals surface area contributed by atoms with Crippen LogP contribution >= 0.6 is 0 Å². The minimum atomic E-state index is -0.118. The molecular formula is C18H24N2O3. The Morgan fingerprint density at radius 3 is 2.65 bits per heavy atom.